The Hall–Kier alpha value is -2.26. The smallest absolute Gasteiger partial charge is 0.422 e. The van der Waals surface area contributed by atoms with Crippen LogP contribution < -0.4 is 25.8 Å². The zero-order valence-electron chi connectivity index (χ0n) is 17.5. The summed E-state index contributed by atoms with van der Waals surface area (Å²) in [6, 6.07) is 3.04. The molecule has 1 aromatic carbocycles. The third kappa shape index (κ3) is 7.53. The molecule has 0 bridgehead atoms. The maximum atomic E-state index is 12.8. The third-order valence-corrected chi connectivity index (χ3v) is 4.86. The summed E-state index contributed by atoms with van der Waals surface area (Å²) >= 11 is 0. The molecular formula is C21H30F3N3O3. The third-order valence-electron chi connectivity index (χ3n) is 4.86. The van der Waals surface area contributed by atoms with Gasteiger partial charge in [-0.1, -0.05) is 12.6 Å². The molecule has 0 atom stereocenters. The van der Waals surface area contributed by atoms with Crippen LogP contribution in [0, 0.1) is 5.92 Å². The largest absolute Gasteiger partial charge is 0.483 e. The van der Waals surface area contributed by atoms with E-state index in [1.807, 2.05) is 11.9 Å². The van der Waals surface area contributed by atoms with E-state index in [0.29, 0.717) is 16.4 Å². The Kier molecular flexibility index (Phi) is 8.98. The zero-order valence-corrected chi connectivity index (χ0v) is 17.5. The number of alkyl halides is 3. The first-order chi connectivity index (χ1) is 14.2. The number of halogens is 3. The highest BCUT2D eigenvalue weighted by Gasteiger charge is 2.29. The first-order valence-corrected chi connectivity index (χ1v) is 9.92. The second-order valence-electron chi connectivity index (χ2n) is 7.43. The number of hydrogen-bond acceptors (Lipinski definition) is 5. The zero-order chi connectivity index (χ0) is 22.1. The average molecular weight is 429 g/mol. The summed E-state index contributed by atoms with van der Waals surface area (Å²) in [5, 5.41) is 6.79. The molecule has 6 nitrogen and oxygen atoms in total. The van der Waals surface area contributed by atoms with Gasteiger partial charge in [0.1, 0.15) is 5.75 Å². The lowest BCUT2D eigenvalue weighted by molar-refractivity contribution is -0.153. The van der Waals surface area contributed by atoms with Crippen LogP contribution in [-0.2, 0) is 4.74 Å². The van der Waals surface area contributed by atoms with E-state index in [4.69, 9.17) is 9.47 Å². The molecule has 0 radical (unpaired) electrons. The van der Waals surface area contributed by atoms with Crippen molar-refractivity contribution >= 4 is 18.7 Å². The van der Waals surface area contributed by atoms with Gasteiger partial charge in [0.05, 0.1) is 12.2 Å². The highest BCUT2D eigenvalue weighted by atomic mass is 19.4. The normalized spacial score (nSPS) is 15.8. The van der Waals surface area contributed by atoms with Crippen molar-refractivity contribution in [1.29, 1.82) is 0 Å². The fourth-order valence-corrected chi connectivity index (χ4v) is 3.38. The molecule has 1 aromatic rings. The van der Waals surface area contributed by atoms with Crippen molar-refractivity contribution in [2.75, 3.05) is 53.6 Å². The van der Waals surface area contributed by atoms with Crippen molar-refractivity contribution in [3.05, 3.63) is 28.1 Å². The Labute approximate surface area is 174 Å². The number of hydrogen-bond donors (Lipinski definition) is 2. The number of carbonyl (C=O) groups excluding carboxylic acids is 1. The molecule has 1 saturated heterocycles. The number of nitrogens with one attached hydrogen (secondary N) is 2. The molecule has 1 amide bonds. The van der Waals surface area contributed by atoms with Gasteiger partial charge in [0.15, 0.2) is 6.61 Å². The Morgan fingerprint density at radius 2 is 2.07 bits per heavy atom. The summed E-state index contributed by atoms with van der Waals surface area (Å²) in [5.41, 5.74) is 0.0317. The molecule has 0 aromatic heterocycles. The van der Waals surface area contributed by atoms with Crippen LogP contribution in [0.3, 0.4) is 0 Å². The first-order valence-electron chi connectivity index (χ1n) is 9.92. The van der Waals surface area contributed by atoms with Gasteiger partial charge in [0.2, 0.25) is 0 Å². The van der Waals surface area contributed by atoms with E-state index in [2.05, 4.69) is 17.2 Å². The van der Waals surface area contributed by atoms with Crippen molar-refractivity contribution < 1.29 is 27.4 Å². The second-order valence-corrected chi connectivity index (χ2v) is 7.43. The minimum atomic E-state index is -4.53. The predicted molar refractivity (Wildman–Crippen MR) is 110 cm³/mol. The summed E-state index contributed by atoms with van der Waals surface area (Å²) in [4.78, 5) is 14.5. The molecule has 0 aliphatic carbocycles. The van der Waals surface area contributed by atoms with Crippen molar-refractivity contribution in [1.82, 2.24) is 15.5 Å². The molecular weight excluding hydrogens is 399 g/mol. The van der Waals surface area contributed by atoms with Crippen LogP contribution in [0.5, 0.6) is 5.75 Å². The summed E-state index contributed by atoms with van der Waals surface area (Å²) < 4.78 is 48.5. The van der Waals surface area contributed by atoms with E-state index in [1.165, 1.54) is 13.2 Å². The predicted octanol–water partition coefficient (Wildman–Crippen LogP) is 1.08. The van der Waals surface area contributed by atoms with Gasteiger partial charge in [-0.2, -0.15) is 13.2 Å². The van der Waals surface area contributed by atoms with E-state index in [0.717, 1.165) is 32.5 Å². The molecule has 168 valence electrons. The van der Waals surface area contributed by atoms with Crippen LogP contribution in [0.2, 0.25) is 0 Å². The van der Waals surface area contributed by atoms with Gasteiger partial charge in [0, 0.05) is 38.7 Å². The van der Waals surface area contributed by atoms with Gasteiger partial charge in [-0.15, -0.1) is 0 Å². The highest BCUT2D eigenvalue weighted by Crippen LogP contribution is 2.19. The molecule has 1 aliphatic rings. The van der Waals surface area contributed by atoms with Crippen LogP contribution in [0.15, 0.2) is 12.1 Å². The lowest BCUT2D eigenvalue weighted by Gasteiger charge is -2.27. The SMILES string of the molecule is C=c1ccc(C(=O)NCCOC)c(OCC(F)(F)F)/c1=C/N(C)CC1CCNCC1. The van der Waals surface area contributed by atoms with Gasteiger partial charge < -0.3 is 25.0 Å². The topological polar surface area (TPSA) is 62.8 Å². The molecule has 30 heavy (non-hydrogen) atoms. The first kappa shape index (κ1) is 24.0. The van der Waals surface area contributed by atoms with Crippen LogP contribution in [0.1, 0.15) is 23.2 Å². The highest BCUT2D eigenvalue weighted by molar-refractivity contribution is 5.97. The van der Waals surface area contributed by atoms with E-state index >= 15 is 0 Å². The van der Waals surface area contributed by atoms with Crippen LogP contribution in [0.4, 0.5) is 13.2 Å². The fraction of sp³-hybridized carbons (Fsp3) is 0.571. The lowest BCUT2D eigenvalue weighted by atomic mass is 9.98. The van der Waals surface area contributed by atoms with Gasteiger partial charge in [-0.3, -0.25) is 4.79 Å². The summed E-state index contributed by atoms with van der Waals surface area (Å²) in [6.45, 7) is 5.61. The number of nitrogens with zero attached hydrogens (tertiary/aromatic N) is 1. The number of benzene rings is 1. The van der Waals surface area contributed by atoms with E-state index in [-0.39, 0.29) is 24.5 Å². The minimum Gasteiger partial charge on any atom is -0.483 e. The minimum absolute atomic E-state index is 0.0317. The fourth-order valence-electron chi connectivity index (χ4n) is 3.38. The Bertz CT molecular complexity index is 808. The number of piperidine rings is 1. The molecule has 1 aliphatic heterocycles. The van der Waals surface area contributed by atoms with Crippen molar-refractivity contribution in [3.63, 3.8) is 0 Å². The van der Waals surface area contributed by atoms with Crippen molar-refractivity contribution in [3.8, 4) is 5.75 Å². The molecule has 9 heteroatoms. The molecule has 2 N–H and O–H groups in total. The maximum Gasteiger partial charge on any atom is 0.422 e. The van der Waals surface area contributed by atoms with Crippen molar-refractivity contribution in [2.45, 2.75) is 19.0 Å². The second kappa shape index (κ2) is 11.2. The quantitative estimate of drug-likeness (QED) is 0.576. The van der Waals surface area contributed by atoms with E-state index < -0.39 is 18.7 Å². The molecule has 0 saturated carbocycles. The molecule has 0 spiro atoms. The summed E-state index contributed by atoms with van der Waals surface area (Å²) in [6.07, 6.45) is -0.745. The summed E-state index contributed by atoms with van der Waals surface area (Å²) in [5.74, 6) is -0.160. The van der Waals surface area contributed by atoms with E-state index in [1.54, 1.807) is 12.3 Å². The van der Waals surface area contributed by atoms with Crippen LogP contribution in [-0.4, -0.2) is 70.5 Å². The average Bonchev–Trinajstić information content (AvgIpc) is 2.68. The Morgan fingerprint density at radius 1 is 1.37 bits per heavy atom. The number of carbonyl (C=O) groups is 1. The lowest BCUT2D eigenvalue weighted by Crippen LogP contribution is -2.37. The number of rotatable bonds is 9. The number of amides is 1. The molecule has 0 unspecified atom stereocenters. The number of methoxy groups -OCH3 is 1. The maximum absolute atomic E-state index is 12.8. The van der Waals surface area contributed by atoms with Gasteiger partial charge in [-0.05, 0) is 43.1 Å². The Balaban J connectivity index is 2.36. The molecule has 2 rings (SSSR count). The van der Waals surface area contributed by atoms with E-state index in [9.17, 15) is 18.0 Å². The van der Waals surface area contributed by atoms with Gasteiger partial charge in [-0.25, -0.2) is 0 Å². The van der Waals surface area contributed by atoms with Gasteiger partial charge in [0.25, 0.3) is 5.91 Å². The Morgan fingerprint density at radius 3 is 2.70 bits per heavy atom. The summed E-state index contributed by atoms with van der Waals surface area (Å²) in [7, 11) is 3.35. The van der Waals surface area contributed by atoms with Gasteiger partial charge >= 0.3 is 6.18 Å². The standard InChI is InChI=1S/C21H30F3N3O3/c1-15-4-5-17(20(28)26-10-11-29-3)19(30-14-21(22,23)24)18(15)13-27(2)12-16-6-8-25-9-7-16/h4-5,13,16,25H,1,6-12,14H2,2-3H3,(H,26,28)/b18-13+. The molecule has 1 heterocycles. The molecule has 1 fully saturated rings. The monoisotopic (exact) mass is 429 g/mol. The van der Waals surface area contributed by atoms with Crippen LogP contribution in [0.25, 0.3) is 12.8 Å². The number of ether oxygens (including phenoxy) is 2. The van der Waals surface area contributed by atoms with Crippen LogP contribution >= 0.6 is 0 Å². The van der Waals surface area contributed by atoms with Crippen molar-refractivity contribution in [2.24, 2.45) is 5.92 Å².